The quantitative estimate of drug-likeness (QED) is 0.671. The first kappa shape index (κ1) is 11.0. The van der Waals surface area contributed by atoms with Crippen molar-refractivity contribution in [2.24, 2.45) is 0 Å². The molecule has 1 atom stereocenters. The molecule has 1 heteroatoms. The minimum absolute atomic E-state index is 0.235. The smallest absolute Gasteiger partial charge is 0.0406 e. The van der Waals surface area contributed by atoms with E-state index in [1.165, 1.54) is 11.1 Å². The molecule has 0 fully saturated rings. The van der Waals surface area contributed by atoms with Gasteiger partial charge in [0, 0.05) is 10.9 Å². The summed E-state index contributed by atoms with van der Waals surface area (Å²) in [7, 11) is 0. The van der Waals surface area contributed by atoms with Gasteiger partial charge in [-0.25, -0.2) is 0 Å². The second-order valence-corrected chi connectivity index (χ2v) is 4.11. The van der Waals surface area contributed by atoms with Gasteiger partial charge >= 0.3 is 0 Å². The first-order chi connectivity index (χ1) is 7.81. The molecule has 0 amide bonds. The highest BCUT2D eigenvalue weighted by Crippen LogP contribution is 2.26. The molecule has 16 heavy (non-hydrogen) atoms. The molecule has 0 spiro atoms. The fourth-order valence-corrected chi connectivity index (χ4v) is 1.92. The van der Waals surface area contributed by atoms with Crippen molar-refractivity contribution in [2.45, 2.75) is 5.92 Å². The molecule has 0 nitrogen and oxygen atoms in total. The van der Waals surface area contributed by atoms with Crippen molar-refractivity contribution in [3.63, 3.8) is 0 Å². The lowest BCUT2D eigenvalue weighted by Crippen LogP contribution is -1.96. The fourth-order valence-electron chi connectivity index (χ4n) is 1.80. The van der Waals surface area contributed by atoms with Gasteiger partial charge in [0.2, 0.25) is 0 Å². The summed E-state index contributed by atoms with van der Waals surface area (Å²) in [6.45, 7) is 3.90. The molecule has 2 rings (SSSR count). The van der Waals surface area contributed by atoms with Gasteiger partial charge in [0.25, 0.3) is 0 Å². The Balaban J connectivity index is 2.37. The molecule has 0 aliphatic rings. The van der Waals surface area contributed by atoms with Crippen molar-refractivity contribution in [1.82, 2.24) is 0 Å². The molecule has 0 saturated heterocycles. The first-order valence-corrected chi connectivity index (χ1v) is 5.62. The van der Waals surface area contributed by atoms with Crippen molar-refractivity contribution in [3.8, 4) is 0 Å². The van der Waals surface area contributed by atoms with Gasteiger partial charge in [0.05, 0.1) is 0 Å². The predicted molar refractivity (Wildman–Crippen MR) is 69.9 cm³/mol. The number of allylic oxidation sites excluding steroid dienone is 1. The van der Waals surface area contributed by atoms with Crippen LogP contribution in [0.3, 0.4) is 0 Å². The van der Waals surface area contributed by atoms with Gasteiger partial charge in [-0.1, -0.05) is 60.1 Å². The molecule has 0 unspecified atom stereocenters. The summed E-state index contributed by atoms with van der Waals surface area (Å²) in [5, 5.41) is 0.764. The SMILES string of the molecule is C=C[C@@H](c1ccccc1)c1ccc(Cl)cc1. The molecule has 0 aromatic heterocycles. The largest absolute Gasteiger partial charge is 0.102 e. The van der Waals surface area contributed by atoms with Crippen LogP contribution in [-0.2, 0) is 0 Å². The van der Waals surface area contributed by atoms with Gasteiger partial charge in [-0.15, -0.1) is 6.58 Å². The van der Waals surface area contributed by atoms with E-state index in [0.29, 0.717) is 0 Å². The van der Waals surface area contributed by atoms with E-state index in [1.807, 2.05) is 48.5 Å². The minimum Gasteiger partial charge on any atom is -0.102 e. The highest BCUT2D eigenvalue weighted by Gasteiger charge is 2.09. The maximum atomic E-state index is 5.88. The molecule has 2 aromatic carbocycles. The lowest BCUT2D eigenvalue weighted by atomic mass is 9.92. The summed E-state index contributed by atoms with van der Waals surface area (Å²) >= 11 is 5.88. The number of benzene rings is 2. The molecule has 80 valence electrons. The molecule has 0 aliphatic carbocycles. The molecule has 2 aromatic rings. The topological polar surface area (TPSA) is 0 Å². The zero-order valence-electron chi connectivity index (χ0n) is 8.94. The Bertz CT molecular complexity index is 457. The van der Waals surface area contributed by atoms with E-state index in [0.717, 1.165) is 5.02 Å². The lowest BCUT2D eigenvalue weighted by Gasteiger charge is -2.13. The van der Waals surface area contributed by atoms with Crippen LogP contribution in [0.1, 0.15) is 17.0 Å². The summed E-state index contributed by atoms with van der Waals surface area (Å²) in [6, 6.07) is 18.2. The van der Waals surface area contributed by atoms with Crippen molar-refractivity contribution in [1.29, 1.82) is 0 Å². The molecular weight excluding hydrogens is 216 g/mol. The van der Waals surface area contributed by atoms with Crippen LogP contribution in [0.15, 0.2) is 67.3 Å². The summed E-state index contributed by atoms with van der Waals surface area (Å²) in [5.74, 6) is 0.235. The van der Waals surface area contributed by atoms with Gasteiger partial charge in [-0.05, 0) is 23.3 Å². The van der Waals surface area contributed by atoms with Gasteiger partial charge in [-0.3, -0.25) is 0 Å². The average Bonchev–Trinajstić information content (AvgIpc) is 2.34. The van der Waals surface area contributed by atoms with Crippen LogP contribution in [-0.4, -0.2) is 0 Å². The van der Waals surface area contributed by atoms with E-state index in [9.17, 15) is 0 Å². The molecule has 0 saturated carbocycles. The third-order valence-electron chi connectivity index (χ3n) is 2.62. The van der Waals surface area contributed by atoms with Gasteiger partial charge in [0.1, 0.15) is 0 Å². The molecule has 0 heterocycles. The summed E-state index contributed by atoms with van der Waals surface area (Å²) in [4.78, 5) is 0. The van der Waals surface area contributed by atoms with Crippen LogP contribution in [0.4, 0.5) is 0 Å². The fraction of sp³-hybridized carbons (Fsp3) is 0.0667. The van der Waals surface area contributed by atoms with Crippen LogP contribution in [0.25, 0.3) is 0 Å². The second kappa shape index (κ2) is 5.00. The maximum Gasteiger partial charge on any atom is 0.0406 e. The van der Waals surface area contributed by atoms with Crippen molar-refractivity contribution in [2.75, 3.05) is 0 Å². The normalized spacial score (nSPS) is 12.1. The van der Waals surface area contributed by atoms with E-state index in [2.05, 4.69) is 18.7 Å². The highest BCUT2D eigenvalue weighted by atomic mass is 35.5. The summed E-state index contributed by atoms with van der Waals surface area (Å²) < 4.78 is 0. The Labute approximate surface area is 101 Å². The Morgan fingerprint density at radius 3 is 2.00 bits per heavy atom. The number of halogens is 1. The van der Waals surface area contributed by atoms with E-state index in [1.54, 1.807) is 0 Å². The van der Waals surface area contributed by atoms with E-state index >= 15 is 0 Å². The maximum absolute atomic E-state index is 5.88. The lowest BCUT2D eigenvalue weighted by molar-refractivity contribution is 1.03. The summed E-state index contributed by atoms with van der Waals surface area (Å²) in [5.41, 5.74) is 2.46. The zero-order valence-corrected chi connectivity index (χ0v) is 9.69. The van der Waals surface area contributed by atoms with Crippen LogP contribution in [0, 0.1) is 0 Å². The Morgan fingerprint density at radius 2 is 1.44 bits per heavy atom. The number of hydrogen-bond acceptors (Lipinski definition) is 0. The molecular formula is C15H13Cl. The van der Waals surface area contributed by atoms with Crippen molar-refractivity contribution >= 4 is 11.6 Å². The van der Waals surface area contributed by atoms with Crippen molar-refractivity contribution < 1.29 is 0 Å². The zero-order chi connectivity index (χ0) is 11.4. The van der Waals surface area contributed by atoms with Gasteiger partial charge in [-0.2, -0.15) is 0 Å². The van der Waals surface area contributed by atoms with Crippen LogP contribution >= 0.6 is 11.6 Å². The molecule has 0 radical (unpaired) electrons. The minimum atomic E-state index is 0.235. The highest BCUT2D eigenvalue weighted by molar-refractivity contribution is 6.30. The third kappa shape index (κ3) is 2.34. The van der Waals surface area contributed by atoms with Crippen LogP contribution < -0.4 is 0 Å². The predicted octanol–water partition coefficient (Wildman–Crippen LogP) is 4.66. The standard InChI is InChI=1S/C15H13Cl/c1-2-15(12-6-4-3-5-7-12)13-8-10-14(16)11-9-13/h2-11,15H,1H2/t15-/m0/s1. The van der Waals surface area contributed by atoms with E-state index in [4.69, 9.17) is 11.6 Å². The van der Waals surface area contributed by atoms with E-state index < -0.39 is 0 Å². The number of rotatable bonds is 3. The summed E-state index contributed by atoms with van der Waals surface area (Å²) in [6.07, 6.45) is 1.96. The monoisotopic (exact) mass is 228 g/mol. The second-order valence-electron chi connectivity index (χ2n) is 3.68. The van der Waals surface area contributed by atoms with Gasteiger partial charge in [0.15, 0.2) is 0 Å². The molecule has 0 N–H and O–H groups in total. The third-order valence-corrected chi connectivity index (χ3v) is 2.88. The Morgan fingerprint density at radius 1 is 0.875 bits per heavy atom. The molecule has 0 bridgehead atoms. The first-order valence-electron chi connectivity index (χ1n) is 5.24. The Kier molecular flexibility index (Phi) is 3.43. The molecule has 0 aliphatic heterocycles. The van der Waals surface area contributed by atoms with E-state index in [-0.39, 0.29) is 5.92 Å². The van der Waals surface area contributed by atoms with Gasteiger partial charge < -0.3 is 0 Å². The number of hydrogen-bond donors (Lipinski definition) is 0. The Hall–Kier alpha value is -1.53. The van der Waals surface area contributed by atoms with Crippen LogP contribution in [0.2, 0.25) is 5.02 Å². The average molecular weight is 229 g/mol. The van der Waals surface area contributed by atoms with Crippen molar-refractivity contribution in [3.05, 3.63) is 83.4 Å². The van der Waals surface area contributed by atoms with Crippen LogP contribution in [0.5, 0.6) is 0 Å².